The Morgan fingerprint density at radius 2 is 2.05 bits per heavy atom. The summed E-state index contributed by atoms with van der Waals surface area (Å²) in [5.41, 5.74) is 0.863. The molecule has 0 amide bonds. The SMILES string of the molecule is c1cc2c(cc1-c1nc(C3CCCNC3)no1)OCCO2. The molecule has 1 atom stereocenters. The second-order valence-corrected chi connectivity index (χ2v) is 5.36. The van der Waals surface area contributed by atoms with Crippen LogP contribution in [0.1, 0.15) is 24.6 Å². The van der Waals surface area contributed by atoms with Gasteiger partial charge in [0.15, 0.2) is 17.3 Å². The van der Waals surface area contributed by atoms with E-state index in [0.717, 1.165) is 48.8 Å². The second kappa shape index (κ2) is 5.37. The highest BCUT2D eigenvalue weighted by atomic mass is 16.6. The fourth-order valence-electron chi connectivity index (χ4n) is 2.77. The molecule has 4 rings (SSSR count). The number of hydrogen-bond donors (Lipinski definition) is 1. The molecule has 2 aliphatic heterocycles. The Bertz CT molecular complexity index is 635. The lowest BCUT2D eigenvalue weighted by Crippen LogP contribution is -2.28. The van der Waals surface area contributed by atoms with Crippen molar-refractivity contribution in [2.24, 2.45) is 0 Å². The van der Waals surface area contributed by atoms with Gasteiger partial charge < -0.3 is 19.3 Å². The fraction of sp³-hybridized carbons (Fsp3) is 0.467. The van der Waals surface area contributed by atoms with E-state index < -0.39 is 0 Å². The second-order valence-electron chi connectivity index (χ2n) is 5.36. The highest BCUT2D eigenvalue weighted by Gasteiger charge is 2.22. The molecule has 1 aromatic carbocycles. The first kappa shape index (κ1) is 12.6. The molecule has 0 saturated carbocycles. The summed E-state index contributed by atoms with van der Waals surface area (Å²) in [4.78, 5) is 4.54. The zero-order chi connectivity index (χ0) is 14.1. The van der Waals surface area contributed by atoms with E-state index in [1.54, 1.807) is 0 Å². The number of rotatable bonds is 2. The third kappa shape index (κ3) is 2.47. The molecule has 1 saturated heterocycles. The minimum absolute atomic E-state index is 0.341. The van der Waals surface area contributed by atoms with E-state index >= 15 is 0 Å². The van der Waals surface area contributed by atoms with Gasteiger partial charge >= 0.3 is 0 Å². The molecule has 1 aromatic heterocycles. The smallest absolute Gasteiger partial charge is 0.258 e. The molecule has 6 heteroatoms. The van der Waals surface area contributed by atoms with Crippen molar-refractivity contribution in [2.75, 3.05) is 26.3 Å². The summed E-state index contributed by atoms with van der Waals surface area (Å²) in [6, 6.07) is 5.70. The summed E-state index contributed by atoms with van der Waals surface area (Å²) in [5, 5.41) is 7.50. The van der Waals surface area contributed by atoms with Crippen LogP contribution in [0, 0.1) is 0 Å². The van der Waals surface area contributed by atoms with Crippen LogP contribution in [0.4, 0.5) is 0 Å². The van der Waals surface area contributed by atoms with Gasteiger partial charge in [0.2, 0.25) is 0 Å². The number of hydrogen-bond acceptors (Lipinski definition) is 6. The van der Waals surface area contributed by atoms with Gasteiger partial charge in [0.05, 0.1) is 0 Å². The summed E-state index contributed by atoms with van der Waals surface area (Å²) in [6.45, 7) is 3.15. The van der Waals surface area contributed by atoms with Crippen LogP contribution in [0.15, 0.2) is 22.7 Å². The lowest BCUT2D eigenvalue weighted by Gasteiger charge is -2.19. The molecule has 21 heavy (non-hydrogen) atoms. The Morgan fingerprint density at radius 3 is 2.90 bits per heavy atom. The van der Waals surface area contributed by atoms with E-state index in [2.05, 4.69) is 15.5 Å². The van der Waals surface area contributed by atoms with Gasteiger partial charge in [-0.15, -0.1) is 0 Å². The predicted molar refractivity (Wildman–Crippen MR) is 75.6 cm³/mol. The minimum Gasteiger partial charge on any atom is -0.486 e. The quantitative estimate of drug-likeness (QED) is 0.910. The van der Waals surface area contributed by atoms with Crippen LogP contribution in [0.3, 0.4) is 0 Å². The molecule has 6 nitrogen and oxygen atoms in total. The molecular formula is C15H17N3O3. The van der Waals surface area contributed by atoms with Crippen molar-refractivity contribution in [2.45, 2.75) is 18.8 Å². The van der Waals surface area contributed by atoms with Crippen LogP contribution in [-0.4, -0.2) is 36.4 Å². The van der Waals surface area contributed by atoms with E-state index in [1.807, 2.05) is 18.2 Å². The molecule has 1 N–H and O–H groups in total. The summed E-state index contributed by atoms with van der Waals surface area (Å²) < 4.78 is 16.5. The van der Waals surface area contributed by atoms with Gasteiger partial charge in [0.25, 0.3) is 5.89 Å². The average molecular weight is 287 g/mol. The standard InChI is InChI=1S/C15H17N3O3/c1-2-11(9-16-5-1)14-17-15(21-18-14)10-3-4-12-13(8-10)20-7-6-19-12/h3-4,8,11,16H,1-2,5-7,9H2. The molecule has 2 aliphatic rings. The van der Waals surface area contributed by atoms with Gasteiger partial charge in [-0.1, -0.05) is 5.16 Å². The summed E-state index contributed by atoms with van der Waals surface area (Å²) in [7, 11) is 0. The molecule has 1 fully saturated rings. The van der Waals surface area contributed by atoms with Gasteiger partial charge in [0, 0.05) is 18.0 Å². The van der Waals surface area contributed by atoms with Crippen molar-refractivity contribution >= 4 is 0 Å². The van der Waals surface area contributed by atoms with E-state index in [-0.39, 0.29) is 0 Å². The molecule has 0 aliphatic carbocycles. The van der Waals surface area contributed by atoms with E-state index in [9.17, 15) is 0 Å². The van der Waals surface area contributed by atoms with Gasteiger partial charge in [-0.3, -0.25) is 0 Å². The molecule has 110 valence electrons. The number of ether oxygens (including phenoxy) is 2. The number of nitrogens with zero attached hydrogens (tertiary/aromatic N) is 2. The fourth-order valence-corrected chi connectivity index (χ4v) is 2.77. The van der Waals surface area contributed by atoms with Crippen LogP contribution in [0.5, 0.6) is 11.5 Å². The summed E-state index contributed by atoms with van der Waals surface area (Å²) in [6.07, 6.45) is 2.26. The minimum atomic E-state index is 0.341. The van der Waals surface area contributed by atoms with Gasteiger partial charge in [0.1, 0.15) is 13.2 Å². The van der Waals surface area contributed by atoms with Crippen LogP contribution in [-0.2, 0) is 0 Å². The molecule has 0 radical (unpaired) electrons. The molecule has 0 spiro atoms. The van der Waals surface area contributed by atoms with E-state index in [0.29, 0.717) is 25.0 Å². The number of benzene rings is 1. The first-order valence-electron chi connectivity index (χ1n) is 7.34. The maximum atomic E-state index is 5.58. The highest BCUT2D eigenvalue weighted by molar-refractivity contribution is 5.60. The number of nitrogens with one attached hydrogen (secondary N) is 1. The average Bonchev–Trinajstić information content (AvgIpc) is 3.05. The van der Waals surface area contributed by atoms with Crippen molar-refractivity contribution in [3.63, 3.8) is 0 Å². The lowest BCUT2D eigenvalue weighted by molar-refractivity contribution is 0.171. The third-order valence-electron chi connectivity index (χ3n) is 3.89. The maximum absolute atomic E-state index is 5.58. The van der Waals surface area contributed by atoms with Crippen molar-refractivity contribution in [3.05, 3.63) is 24.0 Å². The van der Waals surface area contributed by atoms with Gasteiger partial charge in [-0.05, 0) is 37.6 Å². The first-order chi connectivity index (χ1) is 10.4. The molecule has 0 bridgehead atoms. The number of piperidine rings is 1. The number of fused-ring (bicyclic) bond motifs is 1. The van der Waals surface area contributed by atoms with Gasteiger partial charge in [-0.25, -0.2) is 0 Å². The largest absolute Gasteiger partial charge is 0.486 e. The van der Waals surface area contributed by atoms with Gasteiger partial charge in [-0.2, -0.15) is 4.98 Å². The molecule has 1 unspecified atom stereocenters. The molecular weight excluding hydrogens is 270 g/mol. The summed E-state index contributed by atoms with van der Waals surface area (Å²) in [5.74, 6) is 3.16. The Morgan fingerprint density at radius 1 is 1.14 bits per heavy atom. The first-order valence-corrected chi connectivity index (χ1v) is 7.34. The predicted octanol–water partition coefficient (Wildman–Crippen LogP) is 1.97. The van der Waals surface area contributed by atoms with Crippen molar-refractivity contribution in [3.8, 4) is 23.0 Å². The Labute approximate surface area is 122 Å². The third-order valence-corrected chi connectivity index (χ3v) is 3.89. The zero-order valence-electron chi connectivity index (χ0n) is 11.7. The Kier molecular flexibility index (Phi) is 3.23. The monoisotopic (exact) mass is 287 g/mol. The molecule has 2 aromatic rings. The Hall–Kier alpha value is -2.08. The van der Waals surface area contributed by atoms with Crippen LogP contribution in [0.2, 0.25) is 0 Å². The van der Waals surface area contributed by atoms with Crippen molar-refractivity contribution < 1.29 is 14.0 Å². The highest BCUT2D eigenvalue weighted by Crippen LogP contribution is 2.34. The number of aromatic nitrogens is 2. The maximum Gasteiger partial charge on any atom is 0.258 e. The summed E-state index contributed by atoms with van der Waals surface area (Å²) >= 11 is 0. The van der Waals surface area contributed by atoms with E-state index in [1.165, 1.54) is 0 Å². The normalized spacial score (nSPS) is 21.2. The zero-order valence-corrected chi connectivity index (χ0v) is 11.7. The van der Waals surface area contributed by atoms with Crippen LogP contribution < -0.4 is 14.8 Å². The topological polar surface area (TPSA) is 69.4 Å². The Balaban J connectivity index is 1.60. The van der Waals surface area contributed by atoms with Crippen molar-refractivity contribution in [1.82, 2.24) is 15.5 Å². The van der Waals surface area contributed by atoms with E-state index in [4.69, 9.17) is 14.0 Å². The van der Waals surface area contributed by atoms with Crippen molar-refractivity contribution in [1.29, 1.82) is 0 Å². The lowest BCUT2D eigenvalue weighted by atomic mass is 9.99. The van der Waals surface area contributed by atoms with Crippen LogP contribution in [0.25, 0.3) is 11.5 Å². The molecule has 3 heterocycles. The van der Waals surface area contributed by atoms with Crippen LogP contribution >= 0.6 is 0 Å².